The van der Waals surface area contributed by atoms with Crippen molar-refractivity contribution in [3.05, 3.63) is 76.9 Å². The van der Waals surface area contributed by atoms with Crippen LogP contribution in [-0.2, 0) is 30.3 Å². The van der Waals surface area contributed by atoms with E-state index in [0.717, 1.165) is 37.9 Å². The number of nitrogens with one attached hydrogen (secondary N) is 2. The monoisotopic (exact) mass is 728 g/mol. The number of hydrogen-bond acceptors (Lipinski definition) is 9. The van der Waals surface area contributed by atoms with Crippen molar-refractivity contribution in [1.29, 1.82) is 0 Å². The number of fused-ring (bicyclic) bond motifs is 5. The lowest BCUT2D eigenvalue weighted by atomic mass is 9.47. The van der Waals surface area contributed by atoms with Gasteiger partial charge in [-0.25, -0.2) is 0 Å². The highest BCUT2D eigenvalue weighted by atomic mass is 16.6. The Kier molecular flexibility index (Phi) is 12.0. The first-order chi connectivity index (χ1) is 25.1. The first kappa shape index (κ1) is 39.9. The standard InChI is InChI=1S/C24H32O4.C19H24N2O4/c1-14-12-18-19(22(4)9-6-17(27)13-21(14)22)7-10-23(5)20(18)8-11-24(23,15(2)25)28-16(3)26;1-13(9-14-3-6-16(25-2)7-4-14)20-11-19(24)15-5-8-18(23)17(10-15)21-12-22/h12-13,18-20H,6-11H2,1-5H3;3-8,10,12-13,19-20,23-24H,9,11H2,1-2H3,(H,21,22)/t18-,19+,20+,22-,23+,24+;13-,19+/m11/s1. The highest BCUT2D eigenvalue weighted by Gasteiger charge is 2.67. The van der Waals surface area contributed by atoms with E-state index in [4.69, 9.17) is 9.47 Å². The van der Waals surface area contributed by atoms with Gasteiger partial charge in [0.1, 0.15) is 11.5 Å². The minimum Gasteiger partial charge on any atom is -0.506 e. The predicted molar refractivity (Wildman–Crippen MR) is 203 cm³/mol. The number of Topliss-reactive ketones (excluding diaryl/α,β-unsaturated/α-hetero) is 1. The molecule has 2 fully saturated rings. The van der Waals surface area contributed by atoms with Gasteiger partial charge in [0.15, 0.2) is 17.2 Å². The van der Waals surface area contributed by atoms with E-state index in [1.165, 1.54) is 29.7 Å². The molecule has 0 aromatic heterocycles. The molecule has 4 aliphatic rings. The van der Waals surface area contributed by atoms with Gasteiger partial charge < -0.3 is 30.3 Å². The maximum atomic E-state index is 12.8. The number of ketones is 2. The molecule has 10 heteroatoms. The highest BCUT2D eigenvalue weighted by Crippen LogP contribution is 2.67. The fourth-order valence-electron chi connectivity index (χ4n) is 10.0. The maximum Gasteiger partial charge on any atom is 0.303 e. The van der Waals surface area contributed by atoms with Crippen LogP contribution in [0.5, 0.6) is 11.5 Å². The van der Waals surface area contributed by atoms with Gasteiger partial charge in [-0.2, -0.15) is 0 Å². The molecule has 6 rings (SSSR count). The summed E-state index contributed by atoms with van der Waals surface area (Å²) in [4.78, 5) is 47.3. The fourth-order valence-corrected chi connectivity index (χ4v) is 10.0. The quantitative estimate of drug-likeness (QED) is 0.111. The van der Waals surface area contributed by atoms with Gasteiger partial charge in [0.2, 0.25) is 6.41 Å². The second-order valence-electron chi connectivity index (χ2n) is 16.0. The molecule has 8 atom stereocenters. The molecular weight excluding hydrogens is 672 g/mol. The van der Waals surface area contributed by atoms with Gasteiger partial charge >= 0.3 is 5.97 Å². The van der Waals surface area contributed by atoms with E-state index < -0.39 is 11.7 Å². The summed E-state index contributed by atoms with van der Waals surface area (Å²) in [5, 5.41) is 25.6. The third-order valence-corrected chi connectivity index (χ3v) is 12.8. The second-order valence-corrected chi connectivity index (χ2v) is 16.0. The molecule has 0 heterocycles. The molecule has 2 saturated carbocycles. The van der Waals surface area contributed by atoms with Crippen LogP contribution >= 0.6 is 0 Å². The minimum absolute atomic E-state index is 0.0160. The molecule has 0 spiro atoms. The van der Waals surface area contributed by atoms with Gasteiger partial charge in [-0.05, 0) is 130 Å². The second kappa shape index (κ2) is 16.0. The van der Waals surface area contributed by atoms with Gasteiger partial charge in [-0.3, -0.25) is 19.2 Å². The van der Waals surface area contributed by atoms with Crippen molar-refractivity contribution < 1.29 is 38.9 Å². The zero-order valence-corrected chi connectivity index (χ0v) is 32.2. The molecule has 2 aromatic carbocycles. The number of allylic oxidation sites excluding steroid dienone is 4. The van der Waals surface area contributed by atoms with Gasteiger partial charge in [-0.15, -0.1) is 0 Å². The number of rotatable bonds is 11. The van der Waals surface area contributed by atoms with Crippen molar-refractivity contribution >= 4 is 29.6 Å². The van der Waals surface area contributed by atoms with Gasteiger partial charge in [0.05, 0.1) is 18.9 Å². The Morgan fingerprint density at radius 1 is 1.04 bits per heavy atom. The lowest BCUT2D eigenvalue weighted by molar-refractivity contribution is -0.185. The average molecular weight is 729 g/mol. The maximum absolute atomic E-state index is 12.8. The van der Waals surface area contributed by atoms with E-state index in [-0.39, 0.29) is 45.8 Å². The predicted octanol–water partition coefficient (Wildman–Crippen LogP) is 6.80. The molecule has 2 aromatic rings. The van der Waals surface area contributed by atoms with E-state index in [0.29, 0.717) is 49.1 Å². The number of benzene rings is 2. The molecule has 0 saturated heterocycles. The van der Waals surface area contributed by atoms with Crippen molar-refractivity contribution in [2.75, 3.05) is 19.0 Å². The molecule has 286 valence electrons. The van der Waals surface area contributed by atoms with Crippen LogP contribution in [0, 0.1) is 28.6 Å². The number of aromatic hydroxyl groups is 1. The van der Waals surface area contributed by atoms with Crippen LogP contribution < -0.4 is 15.4 Å². The molecule has 1 amide bonds. The first-order valence-corrected chi connectivity index (χ1v) is 18.8. The van der Waals surface area contributed by atoms with E-state index in [1.807, 2.05) is 37.3 Å². The number of amides is 1. The topological polar surface area (TPSA) is 151 Å². The molecule has 4 aliphatic carbocycles. The van der Waals surface area contributed by atoms with Crippen LogP contribution in [0.15, 0.2) is 65.8 Å². The van der Waals surface area contributed by atoms with Crippen molar-refractivity contribution in [3.8, 4) is 11.5 Å². The average Bonchev–Trinajstić information content (AvgIpc) is 3.42. The summed E-state index contributed by atoms with van der Waals surface area (Å²) >= 11 is 0. The van der Waals surface area contributed by atoms with Crippen LogP contribution in [0.2, 0.25) is 0 Å². The first-order valence-electron chi connectivity index (χ1n) is 18.8. The van der Waals surface area contributed by atoms with E-state index in [2.05, 4.69) is 37.5 Å². The molecule has 0 radical (unpaired) electrons. The highest BCUT2D eigenvalue weighted by molar-refractivity contribution is 5.92. The fraction of sp³-hybridized carbons (Fsp3) is 0.535. The summed E-state index contributed by atoms with van der Waals surface area (Å²) < 4.78 is 11.0. The Labute approximate surface area is 313 Å². The molecule has 0 aliphatic heterocycles. The molecular formula is C43H56N2O8. The number of esters is 1. The Morgan fingerprint density at radius 2 is 1.74 bits per heavy atom. The summed E-state index contributed by atoms with van der Waals surface area (Å²) in [6, 6.07) is 12.7. The van der Waals surface area contributed by atoms with Gasteiger partial charge in [0, 0.05) is 31.3 Å². The van der Waals surface area contributed by atoms with Crippen molar-refractivity contribution in [2.45, 2.75) is 104 Å². The molecule has 53 heavy (non-hydrogen) atoms. The number of methoxy groups -OCH3 is 1. The largest absolute Gasteiger partial charge is 0.506 e. The third-order valence-electron chi connectivity index (χ3n) is 12.8. The smallest absolute Gasteiger partial charge is 0.303 e. The number of carbonyl (C=O) groups is 4. The van der Waals surface area contributed by atoms with Gasteiger partial charge in [-0.1, -0.05) is 43.7 Å². The Bertz CT molecular complexity index is 1770. The number of aliphatic hydroxyl groups is 1. The van der Waals surface area contributed by atoms with Crippen molar-refractivity contribution in [1.82, 2.24) is 5.32 Å². The number of hydrogen-bond donors (Lipinski definition) is 4. The van der Waals surface area contributed by atoms with E-state index in [1.54, 1.807) is 26.2 Å². The number of aliphatic hydroxyl groups excluding tert-OH is 1. The Balaban J connectivity index is 0.000000206. The number of ether oxygens (including phenoxy) is 2. The molecule has 0 unspecified atom stereocenters. The Morgan fingerprint density at radius 3 is 2.38 bits per heavy atom. The lowest BCUT2D eigenvalue weighted by Crippen LogP contribution is -2.58. The zero-order valence-electron chi connectivity index (χ0n) is 32.2. The number of phenolic OH excluding ortho intramolecular Hbond substituents is 1. The molecule has 4 N–H and O–H groups in total. The number of carbonyl (C=O) groups excluding carboxylic acids is 4. The minimum atomic E-state index is -0.990. The van der Waals surface area contributed by atoms with Crippen LogP contribution in [0.1, 0.15) is 97.3 Å². The van der Waals surface area contributed by atoms with E-state index in [9.17, 15) is 29.4 Å². The molecule has 0 bridgehead atoms. The third kappa shape index (κ3) is 7.85. The van der Waals surface area contributed by atoms with E-state index >= 15 is 0 Å². The summed E-state index contributed by atoms with van der Waals surface area (Å²) in [6.45, 7) is 12.0. The summed E-state index contributed by atoms with van der Waals surface area (Å²) in [5.74, 6) is 1.82. The SMILES string of the molecule is CC(=O)O[C@]1(C(C)=O)CC[C@H]2[C@@H]3C=C(C)C4=CC(=O)CC[C@]4(C)[C@H]3CC[C@@]21C.COc1ccc(C[C@@H](C)NC[C@H](O)c2ccc(O)c(NC=O)c2)cc1. The number of phenols is 1. The van der Waals surface area contributed by atoms with Crippen LogP contribution in [0.3, 0.4) is 0 Å². The summed E-state index contributed by atoms with van der Waals surface area (Å²) in [6.07, 6.45) is 9.76. The Hall–Kier alpha value is -4.28. The van der Waals surface area contributed by atoms with Crippen molar-refractivity contribution in [3.63, 3.8) is 0 Å². The van der Waals surface area contributed by atoms with Crippen LogP contribution in [0.4, 0.5) is 5.69 Å². The zero-order chi connectivity index (χ0) is 38.7. The van der Waals surface area contributed by atoms with Crippen LogP contribution in [0.25, 0.3) is 0 Å². The van der Waals surface area contributed by atoms with Crippen molar-refractivity contribution in [2.24, 2.45) is 28.6 Å². The summed E-state index contributed by atoms with van der Waals surface area (Å²) in [7, 11) is 1.64. The van der Waals surface area contributed by atoms with Gasteiger partial charge in [0.25, 0.3) is 0 Å². The number of anilines is 1. The van der Waals surface area contributed by atoms with Crippen LogP contribution in [-0.4, -0.2) is 59.5 Å². The molecule has 10 nitrogen and oxygen atoms in total. The normalized spacial score (nSPS) is 29.7. The summed E-state index contributed by atoms with van der Waals surface area (Å²) in [5.41, 5.74) is 3.22. The lowest BCUT2D eigenvalue weighted by Gasteiger charge is -2.58.